The number of nitrogens with two attached hydrogens (primary N) is 1. The number of ketones is 4. The van der Waals surface area contributed by atoms with Gasteiger partial charge in [0, 0.05) is 11.6 Å². The molecule has 2 unspecified atom stereocenters. The molecule has 0 heterocycles. The average Bonchev–Trinajstić information content (AvgIpc) is 2.90. The van der Waals surface area contributed by atoms with Gasteiger partial charge < -0.3 is 26.2 Å². The van der Waals surface area contributed by atoms with Gasteiger partial charge >= 0.3 is 0 Å². The van der Waals surface area contributed by atoms with Crippen molar-refractivity contribution < 1.29 is 39.0 Å². The highest BCUT2D eigenvalue weighted by Crippen LogP contribution is 2.51. The van der Waals surface area contributed by atoms with E-state index >= 15 is 0 Å². The van der Waals surface area contributed by atoms with Gasteiger partial charge in [-0.2, -0.15) is 0 Å². The number of hydrogen-bond acceptors (Lipinski definition) is 10. The number of fused-ring (bicyclic) bond motifs is 3. The Morgan fingerprint density at radius 2 is 1.65 bits per heavy atom. The van der Waals surface area contributed by atoms with E-state index in [4.69, 9.17) is 5.73 Å². The maximum absolute atomic E-state index is 14.0. The zero-order valence-electron chi connectivity index (χ0n) is 24.3. The predicted molar refractivity (Wildman–Crippen MR) is 154 cm³/mol. The number of anilines is 1. The van der Waals surface area contributed by atoms with Crippen LogP contribution in [-0.2, 0) is 30.4 Å². The molecule has 0 spiro atoms. The van der Waals surface area contributed by atoms with E-state index in [-0.39, 0.29) is 36.6 Å². The monoisotopic (exact) mass is 590 g/mol. The van der Waals surface area contributed by atoms with Gasteiger partial charge in [-0.05, 0) is 81.8 Å². The van der Waals surface area contributed by atoms with E-state index in [2.05, 4.69) is 5.32 Å². The van der Waals surface area contributed by atoms with Crippen LogP contribution in [0.3, 0.4) is 0 Å². The van der Waals surface area contributed by atoms with E-state index in [0.29, 0.717) is 22.4 Å². The Balaban J connectivity index is 1.54. The van der Waals surface area contributed by atoms with Gasteiger partial charge in [-0.1, -0.05) is 18.2 Å². The molecule has 2 fully saturated rings. The fraction of sp³-hybridized carbons (Fsp3) is 0.419. The molecule has 3 aliphatic carbocycles. The van der Waals surface area contributed by atoms with Crippen molar-refractivity contribution in [3.8, 4) is 16.9 Å². The number of hydrogen-bond donors (Lipinski definition) is 4. The maximum atomic E-state index is 14.0. The van der Waals surface area contributed by atoms with E-state index in [9.17, 15) is 39.0 Å². The molecule has 0 aromatic heterocycles. The first kappa shape index (κ1) is 30.2. The van der Waals surface area contributed by atoms with Gasteiger partial charge in [0.2, 0.25) is 11.8 Å². The standard InChI is InChI=1S/C31H34N4O8/c1-34(2)13-21(37)33-16-7-5-14(6-8-16)17-9-10-20(36)23-18(17)11-15-12-19-25(35(3)4)27(39)24(30(32)42)29(41)31(19,43)28(40)22(15)26(23)38/h5-10,15,19,22,24-25,36,43H,11-13H2,1-4H3,(H2,32,42)(H,33,37)/t15-,19-,22?,24?,25-,31-/m0/s1. The molecular weight excluding hydrogens is 556 g/mol. The van der Waals surface area contributed by atoms with Gasteiger partial charge in [-0.3, -0.25) is 33.7 Å². The summed E-state index contributed by atoms with van der Waals surface area (Å²) in [6.07, 6.45) is 0.118. The summed E-state index contributed by atoms with van der Waals surface area (Å²) in [6, 6.07) is 8.82. The molecule has 12 heteroatoms. The molecule has 12 nitrogen and oxygen atoms in total. The highest BCUT2D eigenvalue weighted by atomic mass is 16.3. The first-order valence-electron chi connectivity index (χ1n) is 13.9. The minimum absolute atomic E-state index is 0.0319. The second kappa shape index (κ2) is 10.8. The number of aliphatic hydroxyl groups is 1. The van der Waals surface area contributed by atoms with Crippen LogP contribution in [0.25, 0.3) is 11.1 Å². The van der Waals surface area contributed by atoms with Gasteiger partial charge in [0.1, 0.15) is 5.75 Å². The fourth-order valence-corrected chi connectivity index (χ4v) is 7.10. The van der Waals surface area contributed by atoms with E-state index in [1.54, 1.807) is 49.3 Å². The minimum Gasteiger partial charge on any atom is -0.507 e. The van der Waals surface area contributed by atoms with Crippen LogP contribution in [0.1, 0.15) is 22.3 Å². The highest BCUT2D eigenvalue weighted by Gasteiger charge is 2.69. The number of phenolic OH excluding ortho intramolecular Hbond substituents is 1. The molecule has 2 amide bonds. The second-order valence-corrected chi connectivity index (χ2v) is 12.1. The number of carbonyl (C=O) groups is 6. The molecule has 5 N–H and O–H groups in total. The molecule has 0 radical (unpaired) electrons. The van der Waals surface area contributed by atoms with Gasteiger partial charge in [0.05, 0.1) is 24.1 Å². The Hall–Kier alpha value is -4.26. The average molecular weight is 591 g/mol. The van der Waals surface area contributed by atoms with E-state index in [0.717, 1.165) is 0 Å². The van der Waals surface area contributed by atoms with Crippen LogP contribution in [0.4, 0.5) is 5.69 Å². The van der Waals surface area contributed by atoms with Crippen LogP contribution in [0, 0.1) is 23.7 Å². The van der Waals surface area contributed by atoms with Crippen molar-refractivity contribution in [2.75, 3.05) is 40.1 Å². The van der Waals surface area contributed by atoms with Crippen LogP contribution in [0.2, 0.25) is 0 Å². The van der Waals surface area contributed by atoms with E-state index in [1.807, 2.05) is 0 Å². The summed E-state index contributed by atoms with van der Waals surface area (Å²) < 4.78 is 0. The molecule has 2 saturated carbocycles. The summed E-state index contributed by atoms with van der Waals surface area (Å²) in [5.41, 5.74) is 4.92. The lowest BCUT2D eigenvalue weighted by Gasteiger charge is -2.52. The van der Waals surface area contributed by atoms with Crippen LogP contribution < -0.4 is 11.1 Å². The number of phenols is 1. The number of aromatic hydroxyl groups is 1. The van der Waals surface area contributed by atoms with Crippen molar-refractivity contribution in [1.29, 1.82) is 0 Å². The Morgan fingerprint density at radius 1 is 1.00 bits per heavy atom. The number of primary amides is 1. The number of nitrogens with zero attached hydrogens (tertiary/aromatic N) is 2. The molecular formula is C31H34N4O8. The molecule has 3 aliphatic rings. The third-order valence-electron chi connectivity index (χ3n) is 8.88. The van der Waals surface area contributed by atoms with Crippen LogP contribution in [0.5, 0.6) is 5.75 Å². The Morgan fingerprint density at radius 3 is 2.23 bits per heavy atom. The Labute approximate surface area is 247 Å². The third-order valence-corrected chi connectivity index (χ3v) is 8.88. The maximum Gasteiger partial charge on any atom is 0.238 e. The molecule has 2 aromatic rings. The quantitative estimate of drug-likeness (QED) is 0.334. The highest BCUT2D eigenvalue weighted by molar-refractivity contribution is 6.32. The van der Waals surface area contributed by atoms with Gasteiger partial charge in [-0.25, -0.2) is 0 Å². The summed E-state index contributed by atoms with van der Waals surface area (Å²) in [7, 11) is 6.64. The summed E-state index contributed by atoms with van der Waals surface area (Å²) in [5.74, 6) is -11.1. The van der Waals surface area contributed by atoms with Crippen molar-refractivity contribution in [2.45, 2.75) is 24.5 Å². The second-order valence-electron chi connectivity index (χ2n) is 12.1. The number of Topliss-reactive ketones (excluding diaryl/α,β-unsaturated/α-hetero) is 4. The Bertz CT molecular complexity index is 1570. The molecule has 0 saturated heterocycles. The molecule has 0 aliphatic heterocycles. The van der Waals surface area contributed by atoms with Crippen molar-refractivity contribution in [2.24, 2.45) is 29.4 Å². The largest absolute Gasteiger partial charge is 0.507 e. The molecule has 0 bridgehead atoms. The van der Waals surface area contributed by atoms with Crippen LogP contribution in [0.15, 0.2) is 36.4 Å². The number of amides is 2. The van der Waals surface area contributed by atoms with Gasteiger partial charge in [0.25, 0.3) is 0 Å². The molecule has 5 rings (SSSR count). The SMILES string of the molecule is CN(C)CC(=O)Nc1ccc(-c2ccc(O)c3c2C[C@H]2C[C@H]4[C@H](N(C)C)C(=O)C(C(N)=O)C(=O)[C@@]4(O)C(=O)C2C3=O)cc1. The van der Waals surface area contributed by atoms with Crippen molar-refractivity contribution in [3.05, 3.63) is 47.5 Å². The number of carbonyl (C=O) groups excluding carboxylic acids is 6. The fourth-order valence-electron chi connectivity index (χ4n) is 7.10. The normalized spacial score (nSPS) is 28.4. The smallest absolute Gasteiger partial charge is 0.238 e. The van der Waals surface area contributed by atoms with Crippen LogP contribution in [-0.4, -0.2) is 101 Å². The summed E-state index contributed by atoms with van der Waals surface area (Å²) in [5, 5.41) is 25.3. The van der Waals surface area contributed by atoms with Crippen molar-refractivity contribution >= 4 is 40.6 Å². The zero-order valence-corrected chi connectivity index (χ0v) is 24.3. The number of benzene rings is 2. The molecule has 2 aromatic carbocycles. The minimum atomic E-state index is -2.77. The van der Waals surface area contributed by atoms with E-state index < -0.39 is 64.4 Å². The van der Waals surface area contributed by atoms with Crippen molar-refractivity contribution in [3.63, 3.8) is 0 Å². The summed E-state index contributed by atoms with van der Waals surface area (Å²) >= 11 is 0. The predicted octanol–water partition coefficient (Wildman–Crippen LogP) is 0.0341. The topological polar surface area (TPSA) is 187 Å². The summed E-state index contributed by atoms with van der Waals surface area (Å²) in [6.45, 7) is 0.210. The molecule has 226 valence electrons. The number of nitrogens with one attached hydrogen (secondary N) is 1. The van der Waals surface area contributed by atoms with E-state index in [1.165, 1.54) is 25.1 Å². The van der Waals surface area contributed by atoms with Gasteiger partial charge in [-0.15, -0.1) is 0 Å². The lowest BCUT2D eigenvalue weighted by Crippen LogP contribution is -2.74. The molecule has 6 atom stereocenters. The summed E-state index contributed by atoms with van der Waals surface area (Å²) in [4.78, 5) is 82.0. The lowest BCUT2D eigenvalue weighted by atomic mass is 9.52. The van der Waals surface area contributed by atoms with Crippen molar-refractivity contribution in [1.82, 2.24) is 9.80 Å². The first-order valence-corrected chi connectivity index (χ1v) is 13.9. The lowest BCUT2D eigenvalue weighted by molar-refractivity contribution is -0.181. The molecule has 43 heavy (non-hydrogen) atoms. The number of likely N-dealkylation sites (N-methyl/N-ethyl adjacent to an activating group) is 2. The Kier molecular flexibility index (Phi) is 7.57. The first-order chi connectivity index (χ1) is 20.2. The van der Waals surface area contributed by atoms with Crippen LogP contribution >= 0.6 is 0 Å². The number of rotatable bonds is 6. The van der Waals surface area contributed by atoms with Gasteiger partial charge in [0.15, 0.2) is 34.7 Å². The third kappa shape index (κ3) is 4.75. The zero-order chi connectivity index (χ0) is 31.5.